The fraction of sp³-hybridized carbons (Fsp3) is 0.357. The van der Waals surface area contributed by atoms with Gasteiger partial charge in [-0.15, -0.1) is 11.3 Å². The monoisotopic (exact) mass is 291 g/mol. The molecule has 1 aromatic carbocycles. The molecule has 106 valence electrons. The van der Waals surface area contributed by atoms with Crippen LogP contribution >= 0.6 is 11.3 Å². The van der Waals surface area contributed by atoms with Crippen molar-refractivity contribution >= 4 is 17.0 Å². The molecule has 0 saturated carbocycles. The van der Waals surface area contributed by atoms with Crippen molar-refractivity contribution in [2.75, 3.05) is 6.54 Å². The van der Waals surface area contributed by atoms with Crippen molar-refractivity contribution in [1.29, 1.82) is 0 Å². The van der Waals surface area contributed by atoms with Gasteiger partial charge in [-0.05, 0) is 20.3 Å². The van der Waals surface area contributed by atoms with Crippen molar-refractivity contribution in [1.82, 2.24) is 10.3 Å². The summed E-state index contributed by atoms with van der Waals surface area (Å²) in [7, 11) is 0. The Kier molecular flexibility index (Phi) is 4.81. The van der Waals surface area contributed by atoms with Crippen LogP contribution in [0.15, 0.2) is 30.5 Å². The molecular weight excluding hydrogens is 274 g/mol. The van der Waals surface area contributed by atoms with E-state index in [0.29, 0.717) is 13.0 Å². The average molecular weight is 291 g/mol. The van der Waals surface area contributed by atoms with E-state index in [9.17, 15) is 10.1 Å². The maximum absolute atomic E-state index is 10.9. The molecule has 5 nitrogen and oxygen atoms in total. The molecule has 1 aromatic heterocycles. The zero-order valence-electron chi connectivity index (χ0n) is 11.5. The summed E-state index contributed by atoms with van der Waals surface area (Å²) in [6.45, 7) is 4.77. The lowest BCUT2D eigenvalue weighted by molar-refractivity contribution is -0.385. The van der Waals surface area contributed by atoms with E-state index in [2.05, 4.69) is 17.2 Å². The van der Waals surface area contributed by atoms with Crippen LogP contribution in [0.25, 0.3) is 0 Å². The van der Waals surface area contributed by atoms with Gasteiger partial charge in [-0.3, -0.25) is 10.1 Å². The smallest absolute Gasteiger partial charge is 0.272 e. The van der Waals surface area contributed by atoms with Gasteiger partial charge < -0.3 is 5.32 Å². The van der Waals surface area contributed by atoms with Crippen LogP contribution in [0.4, 0.5) is 5.69 Å². The molecule has 20 heavy (non-hydrogen) atoms. The third-order valence-corrected chi connectivity index (χ3v) is 4.14. The molecule has 0 saturated heterocycles. The highest BCUT2D eigenvalue weighted by Gasteiger charge is 2.13. The Morgan fingerprint density at radius 3 is 2.85 bits per heavy atom. The summed E-state index contributed by atoms with van der Waals surface area (Å²) in [4.78, 5) is 16.1. The largest absolute Gasteiger partial charge is 0.308 e. The number of hydrogen-bond donors (Lipinski definition) is 1. The van der Waals surface area contributed by atoms with E-state index in [1.54, 1.807) is 29.5 Å². The van der Waals surface area contributed by atoms with Crippen LogP contribution in [-0.2, 0) is 6.42 Å². The second kappa shape index (κ2) is 6.58. The Bertz CT molecular complexity index is 598. The van der Waals surface area contributed by atoms with Gasteiger partial charge in [0, 0.05) is 29.2 Å². The molecule has 2 aromatic rings. The van der Waals surface area contributed by atoms with Gasteiger partial charge in [0.1, 0.15) is 5.01 Å². The van der Waals surface area contributed by atoms with E-state index in [1.165, 1.54) is 4.88 Å². The molecule has 2 rings (SSSR count). The van der Waals surface area contributed by atoms with Gasteiger partial charge in [-0.2, -0.15) is 0 Å². The van der Waals surface area contributed by atoms with Crippen LogP contribution in [0, 0.1) is 17.0 Å². The predicted octanol–water partition coefficient (Wildman–Crippen LogP) is 3.25. The highest BCUT2D eigenvalue weighted by atomic mass is 32.1. The van der Waals surface area contributed by atoms with Crippen molar-refractivity contribution in [2.45, 2.75) is 26.3 Å². The zero-order chi connectivity index (χ0) is 14.5. The first kappa shape index (κ1) is 14.6. The van der Waals surface area contributed by atoms with Crippen molar-refractivity contribution in [3.8, 4) is 0 Å². The zero-order valence-corrected chi connectivity index (χ0v) is 12.3. The third-order valence-electron chi connectivity index (χ3n) is 3.04. The average Bonchev–Trinajstić information content (AvgIpc) is 2.86. The van der Waals surface area contributed by atoms with Gasteiger partial charge in [0.05, 0.1) is 11.0 Å². The summed E-state index contributed by atoms with van der Waals surface area (Å²) in [6.07, 6.45) is 2.49. The molecule has 0 spiro atoms. The standard InChI is InChI=1S/C14H17N3O2S/c1-10-9-16-14(20-10)11(2)15-8-7-12-5-3-4-6-13(12)17(18)19/h3-6,9,11,15H,7-8H2,1-2H3. The lowest BCUT2D eigenvalue weighted by Gasteiger charge is -2.11. The summed E-state index contributed by atoms with van der Waals surface area (Å²) >= 11 is 1.67. The molecule has 1 N–H and O–H groups in total. The van der Waals surface area contributed by atoms with Gasteiger partial charge >= 0.3 is 0 Å². The molecule has 0 amide bonds. The Labute approximate surface area is 121 Å². The van der Waals surface area contributed by atoms with Crippen LogP contribution in [0.3, 0.4) is 0 Å². The molecule has 1 unspecified atom stereocenters. The number of nitro groups is 1. The molecule has 0 radical (unpaired) electrons. The number of nitrogens with one attached hydrogen (secondary N) is 1. The van der Waals surface area contributed by atoms with E-state index >= 15 is 0 Å². The quantitative estimate of drug-likeness (QED) is 0.655. The highest BCUT2D eigenvalue weighted by molar-refractivity contribution is 7.11. The van der Waals surface area contributed by atoms with Gasteiger partial charge in [0.15, 0.2) is 0 Å². The number of para-hydroxylation sites is 1. The second-order valence-electron chi connectivity index (χ2n) is 4.62. The summed E-state index contributed by atoms with van der Waals surface area (Å²) < 4.78 is 0. The first-order valence-electron chi connectivity index (χ1n) is 6.46. The van der Waals surface area contributed by atoms with Crippen molar-refractivity contribution in [3.05, 3.63) is 56.0 Å². The highest BCUT2D eigenvalue weighted by Crippen LogP contribution is 2.20. The van der Waals surface area contributed by atoms with E-state index in [0.717, 1.165) is 10.6 Å². The third kappa shape index (κ3) is 3.61. The van der Waals surface area contributed by atoms with E-state index in [1.807, 2.05) is 19.2 Å². The van der Waals surface area contributed by atoms with Crippen LogP contribution in [0.1, 0.15) is 28.4 Å². The number of thiazole rings is 1. The lowest BCUT2D eigenvalue weighted by Crippen LogP contribution is -2.21. The maximum atomic E-state index is 10.9. The number of nitrogens with zero attached hydrogens (tertiary/aromatic N) is 2. The first-order valence-corrected chi connectivity index (χ1v) is 7.27. The molecule has 0 fully saturated rings. The Morgan fingerprint density at radius 1 is 1.45 bits per heavy atom. The Morgan fingerprint density at radius 2 is 2.20 bits per heavy atom. The van der Waals surface area contributed by atoms with Crippen LogP contribution in [0.5, 0.6) is 0 Å². The molecule has 1 atom stereocenters. The summed E-state index contributed by atoms with van der Waals surface area (Å²) in [6, 6.07) is 7.03. The molecule has 0 aliphatic rings. The molecule has 6 heteroatoms. The number of aryl methyl sites for hydroxylation is 1. The topological polar surface area (TPSA) is 68.1 Å². The summed E-state index contributed by atoms with van der Waals surface area (Å²) in [5.74, 6) is 0. The summed E-state index contributed by atoms with van der Waals surface area (Å²) in [5, 5.41) is 15.3. The van der Waals surface area contributed by atoms with E-state index < -0.39 is 0 Å². The second-order valence-corrected chi connectivity index (χ2v) is 5.89. The number of nitro benzene ring substituents is 1. The normalized spacial score (nSPS) is 12.3. The summed E-state index contributed by atoms with van der Waals surface area (Å²) in [5.41, 5.74) is 0.944. The molecule has 0 aliphatic heterocycles. The van der Waals surface area contributed by atoms with Crippen molar-refractivity contribution < 1.29 is 4.92 Å². The fourth-order valence-electron chi connectivity index (χ4n) is 1.98. The SMILES string of the molecule is Cc1cnc(C(C)NCCc2ccccc2[N+](=O)[O-])s1. The molecular formula is C14H17N3O2S. The number of rotatable bonds is 6. The predicted molar refractivity (Wildman–Crippen MR) is 80.1 cm³/mol. The molecule has 0 bridgehead atoms. The minimum Gasteiger partial charge on any atom is -0.308 e. The fourth-order valence-corrected chi connectivity index (χ4v) is 2.78. The van der Waals surface area contributed by atoms with E-state index in [-0.39, 0.29) is 16.7 Å². The number of benzene rings is 1. The Balaban J connectivity index is 1.92. The lowest BCUT2D eigenvalue weighted by atomic mass is 10.1. The van der Waals surface area contributed by atoms with Crippen LogP contribution in [0.2, 0.25) is 0 Å². The van der Waals surface area contributed by atoms with Gasteiger partial charge in [0.25, 0.3) is 5.69 Å². The first-order chi connectivity index (χ1) is 9.58. The molecule has 0 aliphatic carbocycles. The van der Waals surface area contributed by atoms with Crippen LogP contribution < -0.4 is 5.32 Å². The van der Waals surface area contributed by atoms with Crippen LogP contribution in [-0.4, -0.2) is 16.5 Å². The van der Waals surface area contributed by atoms with Crippen molar-refractivity contribution in [3.63, 3.8) is 0 Å². The Hall–Kier alpha value is -1.79. The minimum atomic E-state index is -0.330. The maximum Gasteiger partial charge on any atom is 0.272 e. The van der Waals surface area contributed by atoms with E-state index in [4.69, 9.17) is 0 Å². The van der Waals surface area contributed by atoms with Gasteiger partial charge in [-0.1, -0.05) is 18.2 Å². The van der Waals surface area contributed by atoms with Gasteiger partial charge in [-0.25, -0.2) is 4.98 Å². The molecule has 1 heterocycles. The number of hydrogen-bond acceptors (Lipinski definition) is 5. The minimum absolute atomic E-state index is 0.163. The number of aromatic nitrogens is 1. The van der Waals surface area contributed by atoms with Crippen molar-refractivity contribution in [2.24, 2.45) is 0 Å². The van der Waals surface area contributed by atoms with Gasteiger partial charge in [0.2, 0.25) is 0 Å².